The lowest BCUT2D eigenvalue weighted by atomic mass is 9.84. The molecule has 4 rings (SSSR count). The van der Waals surface area contributed by atoms with Crippen LogP contribution in [-0.2, 0) is 5.41 Å². The molecule has 1 fully saturated rings. The first kappa shape index (κ1) is 21.5. The minimum Gasteiger partial charge on any atom is -0.337 e. The van der Waals surface area contributed by atoms with Gasteiger partial charge in [-0.3, -0.25) is 14.8 Å². The van der Waals surface area contributed by atoms with Crippen LogP contribution in [0.25, 0.3) is 22.3 Å². The number of hydrogen-bond acceptors (Lipinski definition) is 3. The maximum Gasteiger partial charge on any atom is 0.253 e. The van der Waals surface area contributed by atoms with Gasteiger partial charge >= 0.3 is 0 Å². The molecule has 0 saturated carbocycles. The fourth-order valence-electron chi connectivity index (χ4n) is 3.96. The zero-order chi connectivity index (χ0) is 22.4. The molecule has 1 saturated heterocycles. The van der Waals surface area contributed by atoms with Gasteiger partial charge in [0.05, 0.1) is 0 Å². The summed E-state index contributed by atoms with van der Waals surface area (Å²) >= 11 is 6.60. The van der Waals surface area contributed by atoms with Gasteiger partial charge in [0.15, 0.2) is 0 Å². The Morgan fingerprint density at radius 2 is 1.71 bits per heavy atom. The number of hydrogen-bond donors (Lipinski definition) is 0. The molecule has 3 aromatic rings. The Kier molecular flexibility index (Phi) is 5.38. The van der Waals surface area contributed by atoms with Gasteiger partial charge in [-0.15, -0.1) is 0 Å². The summed E-state index contributed by atoms with van der Waals surface area (Å²) in [6, 6.07) is 11.7. The topological polar surface area (TPSA) is 46.1 Å². The summed E-state index contributed by atoms with van der Waals surface area (Å²) in [6.07, 6.45) is 5.49. The quantitative estimate of drug-likeness (QED) is 0.490. The Bertz CT molecular complexity index is 1140. The maximum absolute atomic E-state index is 12.7. The first-order valence-electron chi connectivity index (χ1n) is 10.5. The third-order valence-electron chi connectivity index (χ3n) is 5.65. The first-order chi connectivity index (χ1) is 14.5. The van der Waals surface area contributed by atoms with Gasteiger partial charge in [-0.2, -0.15) is 0 Å². The van der Waals surface area contributed by atoms with Crippen molar-refractivity contribution in [3.05, 3.63) is 71.3 Å². The summed E-state index contributed by atoms with van der Waals surface area (Å²) in [5.41, 5.74) is 5.68. The molecule has 1 amide bonds. The molecular formula is C26H28ClN3O. The summed E-state index contributed by atoms with van der Waals surface area (Å²) in [4.78, 5) is 23.5. The largest absolute Gasteiger partial charge is 0.337 e. The number of carbonyl (C=O) groups is 1. The van der Waals surface area contributed by atoms with Crippen LogP contribution in [0, 0.1) is 5.41 Å². The molecule has 0 N–H and O–H groups in total. The van der Waals surface area contributed by atoms with Crippen molar-refractivity contribution in [2.75, 3.05) is 13.1 Å². The Labute approximate surface area is 189 Å². The summed E-state index contributed by atoms with van der Waals surface area (Å²) in [6.45, 7) is 12.3. The van der Waals surface area contributed by atoms with E-state index < -0.39 is 0 Å². The van der Waals surface area contributed by atoms with Gasteiger partial charge in [0.1, 0.15) is 0 Å². The van der Waals surface area contributed by atoms with Crippen molar-refractivity contribution in [1.82, 2.24) is 14.9 Å². The predicted molar refractivity (Wildman–Crippen MR) is 126 cm³/mol. The molecule has 0 bridgehead atoms. The highest BCUT2D eigenvalue weighted by Gasteiger charge is 2.37. The highest BCUT2D eigenvalue weighted by Crippen LogP contribution is 2.34. The number of nitrogens with zero attached hydrogens (tertiary/aromatic N) is 3. The summed E-state index contributed by atoms with van der Waals surface area (Å²) in [7, 11) is 0. The van der Waals surface area contributed by atoms with Crippen molar-refractivity contribution < 1.29 is 4.79 Å². The zero-order valence-corrected chi connectivity index (χ0v) is 19.5. The van der Waals surface area contributed by atoms with Crippen molar-refractivity contribution >= 4 is 17.5 Å². The normalized spacial score (nSPS) is 15.5. The monoisotopic (exact) mass is 433 g/mol. The third-order valence-corrected chi connectivity index (χ3v) is 5.96. The summed E-state index contributed by atoms with van der Waals surface area (Å²) in [5, 5.41) is 0.551. The van der Waals surface area contributed by atoms with Gasteiger partial charge in [0.25, 0.3) is 5.91 Å². The van der Waals surface area contributed by atoms with Crippen LogP contribution in [-0.4, -0.2) is 33.9 Å². The van der Waals surface area contributed by atoms with Gasteiger partial charge in [-0.1, -0.05) is 52.3 Å². The lowest BCUT2D eigenvalue weighted by Crippen LogP contribution is -2.55. The molecule has 0 aliphatic carbocycles. The molecule has 0 atom stereocenters. The summed E-state index contributed by atoms with van der Waals surface area (Å²) in [5.74, 6) is 0.0335. The molecule has 4 nitrogen and oxygen atoms in total. The number of aromatic nitrogens is 2. The van der Waals surface area contributed by atoms with Crippen molar-refractivity contribution in [2.24, 2.45) is 5.41 Å². The van der Waals surface area contributed by atoms with E-state index in [1.807, 2.05) is 35.5 Å². The van der Waals surface area contributed by atoms with E-state index in [1.54, 1.807) is 12.3 Å². The van der Waals surface area contributed by atoms with E-state index in [-0.39, 0.29) is 16.7 Å². The maximum atomic E-state index is 12.7. The van der Waals surface area contributed by atoms with Crippen LogP contribution < -0.4 is 0 Å². The Morgan fingerprint density at radius 3 is 2.35 bits per heavy atom. The second-order valence-corrected chi connectivity index (χ2v) is 10.6. The third kappa shape index (κ3) is 4.49. The van der Waals surface area contributed by atoms with Crippen LogP contribution in [0.5, 0.6) is 0 Å². The fourth-order valence-corrected chi connectivity index (χ4v) is 4.25. The molecule has 0 unspecified atom stereocenters. The van der Waals surface area contributed by atoms with Crippen molar-refractivity contribution in [1.29, 1.82) is 0 Å². The molecule has 1 aliphatic heterocycles. The van der Waals surface area contributed by atoms with Gasteiger partial charge < -0.3 is 4.90 Å². The molecule has 1 aromatic carbocycles. The van der Waals surface area contributed by atoms with Crippen LogP contribution in [0.2, 0.25) is 5.02 Å². The van der Waals surface area contributed by atoms with Crippen LogP contribution >= 0.6 is 11.6 Å². The molecular weight excluding hydrogens is 406 g/mol. The molecule has 160 valence electrons. The molecule has 31 heavy (non-hydrogen) atoms. The van der Waals surface area contributed by atoms with Gasteiger partial charge in [-0.05, 0) is 41.3 Å². The fraction of sp³-hybridized carbons (Fsp3) is 0.346. The first-order valence-corrected chi connectivity index (χ1v) is 10.9. The van der Waals surface area contributed by atoms with Crippen LogP contribution in [0.4, 0.5) is 0 Å². The van der Waals surface area contributed by atoms with Gasteiger partial charge in [0, 0.05) is 70.1 Å². The van der Waals surface area contributed by atoms with Crippen molar-refractivity contribution in [2.45, 2.75) is 40.0 Å². The smallest absolute Gasteiger partial charge is 0.253 e. The van der Waals surface area contributed by atoms with E-state index in [0.717, 1.165) is 41.0 Å². The van der Waals surface area contributed by atoms with E-state index in [1.165, 1.54) is 0 Å². The van der Waals surface area contributed by atoms with Crippen LogP contribution in [0.3, 0.4) is 0 Å². The summed E-state index contributed by atoms with van der Waals surface area (Å²) < 4.78 is 0. The number of benzene rings is 1. The SMILES string of the molecule is CC1(C)CN(C(=O)c2ccc(-c3cncc(-c4ccnc(C(C)(C)C)c4)c3)c(Cl)c2)C1. The highest BCUT2D eigenvalue weighted by atomic mass is 35.5. The molecule has 3 heterocycles. The van der Waals surface area contributed by atoms with Gasteiger partial charge in [-0.25, -0.2) is 0 Å². The standard InChI is InChI=1S/C26H28ClN3O/c1-25(2,3)23-12-17(8-9-29-23)19-10-20(14-28-13-19)21-7-6-18(11-22(21)27)24(31)30-15-26(4,5)16-30/h6-14H,15-16H2,1-5H3. The number of rotatable bonds is 3. The average molecular weight is 434 g/mol. The number of carbonyl (C=O) groups excluding carboxylic acids is 1. The second kappa shape index (κ2) is 7.76. The number of pyridine rings is 2. The highest BCUT2D eigenvalue weighted by molar-refractivity contribution is 6.33. The molecule has 5 heteroatoms. The number of halogens is 1. The van der Waals surface area contributed by atoms with Crippen LogP contribution in [0.1, 0.15) is 50.7 Å². The average Bonchev–Trinajstić information content (AvgIpc) is 2.71. The zero-order valence-electron chi connectivity index (χ0n) is 18.7. The number of likely N-dealkylation sites (tertiary alicyclic amines) is 1. The molecule has 1 aliphatic rings. The minimum atomic E-state index is -0.0294. The number of amides is 1. The Hall–Kier alpha value is -2.72. The van der Waals surface area contributed by atoms with Crippen molar-refractivity contribution in [3.63, 3.8) is 0 Å². The minimum absolute atomic E-state index is 0.0294. The Balaban J connectivity index is 1.62. The van der Waals surface area contributed by atoms with E-state index in [0.29, 0.717) is 10.6 Å². The van der Waals surface area contributed by atoms with E-state index in [4.69, 9.17) is 11.6 Å². The van der Waals surface area contributed by atoms with Gasteiger partial charge in [0.2, 0.25) is 0 Å². The van der Waals surface area contributed by atoms with Crippen molar-refractivity contribution in [3.8, 4) is 22.3 Å². The molecule has 0 spiro atoms. The molecule has 2 aromatic heterocycles. The van der Waals surface area contributed by atoms with Crippen LogP contribution in [0.15, 0.2) is 55.0 Å². The van der Waals surface area contributed by atoms with E-state index >= 15 is 0 Å². The van der Waals surface area contributed by atoms with E-state index in [9.17, 15) is 4.79 Å². The lowest BCUT2D eigenvalue weighted by molar-refractivity contribution is 0.0236. The lowest BCUT2D eigenvalue weighted by Gasteiger charge is -2.45. The molecule has 0 radical (unpaired) electrons. The van der Waals surface area contributed by atoms with E-state index in [2.05, 4.69) is 56.7 Å². The predicted octanol–water partition coefficient (Wildman–Crippen LogP) is 6.24. The second-order valence-electron chi connectivity index (χ2n) is 10.2. The Morgan fingerprint density at radius 1 is 1.00 bits per heavy atom.